The third-order valence-corrected chi connectivity index (χ3v) is 4.23. The molecule has 0 bridgehead atoms. The van der Waals surface area contributed by atoms with E-state index < -0.39 is 15.6 Å². The summed E-state index contributed by atoms with van der Waals surface area (Å²) in [6.07, 6.45) is 0. The number of hydrogen-bond donors (Lipinski definition) is 2. The van der Waals surface area contributed by atoms with E-state index in [1.807, 2.05) is 20.8 Å². The molecule has 6 heteroatoms. The highest BCUT2D eigenvalue weighted by Gasteiger charge is 2.30. The third kappa shape index (κ3) is 6.06. The Labute approximate surface area is 97.7 Å². The van der Waals surface area contributed by atoms with Crippen molar-refractivity contribution in [2.45, 2.75) is 40.2 Å². The molecule has 0 fully saturated rings. The summed E-state index contributed by atoms with van der Waals surface area (Å²) in [4.78, 5) is 0.139. The molecule has 0 saturated heterocycles. The van der Waals surface area contributed by atoms with Gasteiger partial charge in [-0.25, -0.2) is 13.1 Å². The van der Waals surface area contributed by atoms with E-state index in [0.29, 0.717) is 0 Å². The second-order valence-electron chi connectivity index (χ2n) is 5.41. The topological polar surface area (TPSA) is 72.2 Å². The van der Waals surface area contributed by atoms with Crippen LogP contribution in [-0.4, -0.2) is 24.7 Å². The summed E-state index contributed by atoms with van der Waals surface area (Å²) in [5.41, 5.74) is 4.28. The lowest BCUT2D eigenvalue weighted by atomic mass is 10.0. The van der Waals surface area contributed by atoms with Crippen LogP contribution in [0.5, 0.6) is 0 Å². The monoisotopic (exact) mass is 252 g/mol. The van der Waals surface area contributed by atoms with Gasteiger partial charge in [-0.2, -0.15) is 0 Å². The van der Waals surface area contributed by atoms with Crippen molar-refractivity contribution in [3.05, 3.63) is 0 Å². The molecule has 0 unspecified atom stereocenters. The fourth-order valence-electron chi connectivity index (χ4n) is 1.05. The zero-order valence-corrected chi connectivity index (χ0v) is 11.6. The largest absolute Gasteiger partial charge is 0.392 e. The Balaban J connectivity index is 4.75. The van der Waals surface area contributed by atoms with E-state index in [1.54, 1.807) is 13.8 Å². The summed E-state index contributed by atoms with van der Waals surface area (Å²) in [6.45, 7) is 8.88. The molecule has 0 atom stereocenters. The quantitative estimate of drug-likeness (QED) is 0.733. The fourth-order valence-corrected chi connectivity index (χ4v) is 3.26. The van der Waals surface area contributed by atoms with E-state index in [2.05, 4.69) is 4.72 Å². The molecule has 0 aromatic carbocycles. The van der Waals surface area contributed by atoms with Crippen LogP contribution in [0.2, 0.25) is 0 Å². The summed E-state index contributed by atoms with van der Waals surface area (Å²) >= 11 is 4.79. The zero-order valence-electron chi connectivity index (χ0n) is 9.92. The first-order valence-electron chi connectivity index (χ1n) is 4.67. The Bertz CT molecular complexity index is 340. The molecule has 0 aliphatic heterocycles. The maximum absolute atomic E-state index is 11.7. The minimum absolute atomic E-state index is 0.0477. The van der Waals surface area contributed by atoms with Gasteiger partial charge in [0.15, 0.2) is 0 Å². The average molecular weight is 252 g/mol. The lowest BCUT2D eigenvalue weighted by Gasteiger charge is -2.27. The summed E-state index contributed by atoms with van der Waals surface area (Å²) < 4.78 is 26.0. The van der Waals surface area contributed by atoms with Gasteiger partial charge in [0.05, 0.1) is 16.3 Å². The molecule has 0 rings (SSSR count). The van der Waals surface area contributed by atoms with E-state index in [0.717, 1.165) is 0 Å². The molecule has 90 valence electrons. The Kier molecular flexibility index (Phi) is 4.29. The number of nitrogens with two attached hydrogens (primary N) is 1. The van der Waals surface area contributed by atoms with Crippen molar-refractivity contribution >= 4 is 27.2 Å². The third-order valence-electron chi connectivity index (χ3n) is 1.65. The van der Waals surface area contributed by atoms with Crippen molar-refractivity contribution in [3.8, 4) is 0 Å². The van der Waals surface area contributed by atoms with Crippen molar-refractivity contribution in [3.63, 3.8) is 0 Å². The van der Waals surface area contributed by atoms with E-state index in [4.69, 9.17) is 18.0 Å². The van der Waals surface area contributed by atoms with Crippen LogP contribution in [0.15, 0.2) is 0 Å². The van der Waals surface area contributed by atoms with Gasteiger partial charge >= 0.3 is 0 Å². The van der Waals surface area contributed by atoms with Crippen LogP contribution in [0.1, 0.15) is 34.6 Å². The molecular weight excluding hydrogens is 232 g/mol. The lowest BCUT2D eigenvalue weighted by molar-refractivity contribution is 0.452. The molecule has 4 nitrogen and oxygen atoms in total. The maximum Gasteiger partial charge on any atom is 0.212 e. The first kappa shape index (κ1) is 14.8. The van der Waals surface area contributed by atoms with Crippen molar-refractivity contribution in [1.82, 2.24) is 4.72 Å². The van der Waals surface area contributed by atoms with Crippen molar-refractivity contribution < 1.29 is 8.42 Å². The van der Waals surface area contributed by atoms with Crippen LogP contribution in [0, 0.1) is 5.41 Å². The molecule has 0 saturated carbocycles. The van der Waals surface area contributed by atoms with E-state index in [9.17, 15) is 8.42 Å². The lowest BCUT2D eigenvalue weighted by Crippen LogP contribution is -2.53. The molecule has 0 aliphatic carbocycles. The molecule has 0 spiro atoms. The molecule has 0 radical (unpaired) electrons. The average Bonchev–Trinajstić information content (AvgIpc) is 1.75. The first-order valence-corrected chi connectivity index (χ1v) is 6.73. The highest BCUT2D eigenvalue weighted by Crippen LogP contribution is 2.17. The van der Waals surface area contributed by atoms with Crippen molar-refractivity contribution in [2.75, 3.05) is 5.75 Å². The van der Waals surface area contributed by atoms with Crippen LogP contribution in [0.3, 0.4) is 0 Å². The highest BCUT2D eigenvalue weighted by atomic mass is 32.2. The SMILES string of the molecule is CC(C)(C)CS(=O)(=O)NC(C)(C)C(N)=S. The molecule has 0 aliphatic rings. The standard InChI is InChI=1S/C9H20N2O2S2/c1-8(2,3)6-15(12,13)11-9(4,5)7(10)14/h11H,6H2,1-5H3,(H2,10,14). The van der Waals surface area contributed by atoms with Crippen LogP contribution in [0.4, 0.5) is 0 Å². The maximum atomic E-state index is 11.7. The van der Waals surface area contributed by atoms with Crippen molar-refractivity contribution in [1.29, 1.82) is 0 Å². The van der Waals surface area contributed by atoms with Crippen LogP contribution < -0.4 is 10.5 Å². The number of thiocarbonyl (C=S) groups is 1. The molecular formula is C9H20N2O2S2. The van der Waals surface area contributed by atoms with Crippen molar-refractivity contribution in [2.24, 2.45) is 11.1 Å². The molecule has 0 aromatic rings. The number of nitrogens with one attached hydrogen (secondary N) is 1. The van der Waals surface area contributed by atoms with E-state index in [1.165, 1.54) is 0 Å². The smallest absolute Gasteiger partial charge is 0.212 e. The minimum atomic E-state index is -3.36. The van der Waals surface area contributed by atoms with Crippen LogP contribution in [0.25, 0.3) is 0 Å². The van der Waals surface area contributed by atoms with Gasteiger partial charge in [0, 0.05) is 0 Å². The molecule has 0 aromatic heterocycles. The summed E-state index contributed by atoms with van der Waals surface area (Å²) in [5.74, 6) is 0.0477. The van der Waals surface area contributed by atoms with Gasteiger partial charge in [0.2, 0.25) is 10.0 Å². The van der Waals surface area contributed by atoms with E-state index >= 15 is 0 Å². The normalized spacial score (nSPS) is 13.9. The fraction of sp³-hybridized carbons (Fsp3) is 0.889. The number of sulfonamides is 1. The van der Waals surface area contributed by atoms with Gasteiger partial charge in [0.25, 0.3) is 0 Å². The van der Waals surface area contributed by atoms with Gasteiger partial charge in [-0.1, -0.05) is 33.0 Å². The molecule has 15 heavy (non-hydrogen) atoms. The summed E-state index contributed by atoms with van der Waals surface area (Å²) in [5, 5.41) is 0. The Hall–Kier alpha value is -0.200. The Morgan fingerprint density at radius 2 is 1.67 bits per heavy atom. The minimum Gasteiger partial charge on any atom is -0.392 e. The van der Waals surface area contributed by atoms with Gasteiger partial charge < -0.3 is 5.73 Å². The van der Waals surface area contributed by atoms with Gasteiger partial charge in [0.1, 0.15) is 0 Å². The van der Waals surface area contributed by atoms with Crippen LogP contribution >= 0.6 is 12.2 Å². The van der Waals surface area contributed by atoms with Gasteiger partial charge in [-0.05, 0) is 19.3 Å². The predicted octanol–water partition coefficient (Wildman–Crippen LogP) is 1.02. The molecule has 3 N–H and O–H groups in total. The predicted molar refractivity (Wildman–Crippen MR) is 67.2 cm³/mol. The number of hydrogen-bond acceptors (Lipinski definition) is 3. The molecule has 0 heterocycles. The van der Waals surface area contributed by atoms with Gasteiger partial charge in [-0.15, -0.1) is 0 Å². The van der Waals surface area contributed by atoms with Gasteiger partial charge in [-0.3, -0.25) is 0 Å². The molecule has 0 amide bonds. The zero-order chi connectivity index (χ0) is 12.5. The first-order chi connectivity index (χ1) is 6.36. The summed E-state index contributed by atoms with van der Waals surface area (Å²) in [6, 6.07) is 0. The second kappa shape index (κ2) is 4.35. The Morgan fingerprint density at radius 3 is 1.93 bits per heavy atom. The Morgan fingerprint density at radius 1 is 1.27 bits per heavy atom. The van der Waals surface area contributed by atoms with Crippen LogP contribution in [-0.2, 0) is 10.0 Å². The summed E-state index contributed by atoms with van der Waals surface area (Å²) in [7, 11) is -3.36. The number of rotatable bonds is 4. The second-order valence-corrected chi connectivity index (χ2v) is 7.57. The highest BCUT2D eigenvalue weighted by molar-refractivity contribution is 7.89. The van der Waals surface area contributed by atoms with E-state index in [-0.39, 0.29) is 16.2 Å².